The first kappa shape index (κ1) is 30.9. The molecule has 0 saturated carbocycles. The predicted octanol–water partition coefficient (Wildman–Crippen LogP) is 8.45. The molecule has 186 valence electrons. The second-order valence-corrected chi connectivity index (χ2v) is 12.0. The number of unbranched alkanes of at least 4 members (excludes halogenated alkanes) is 14. The highest BCUT2D eigenvalue weighted by molar-refractivity contribution is 7.53. The van der Waals surface area contributed by atoms with Crippen molar-refractivity contribution in [2.24, 2.45) is 0 Å². The first-order chi connectivity index (χ1) is 14.8. The van der Waals surface area contributed by atoms with E-state index in [2.05, 4.69) is 19.1 Å². The molecule has 0 rings (SSSR count). The van der Waals surface area contributed by atoms with Gasteiger partial charge in [0.2, 0.25) is 0 Å². The van der Waals surface area contributed by atoms with Crippen LogP contribution in [-0.4, -0.2) is 42.9 Å². The van der Waals surface area contributed by atoms with E-state index in [0.717, 1.165) is 12.8 Å². The molecule has 1 N–H and O–H groups in total. The van der Waals surface area contributed by atoms with E-state index in [-0.39, 0.29) is 5.78 Å². The largest absolute Gasteiger partial charge is 0.385 e. The topological polar surface area (TPSA) is 46.5 Å². The van der Waals surface area contributed by atoms with Crippen LogP contribution in [0.2, 0.25) is 0 Å². The molecule has 0 saturated heterocycles. The smallest absolute Gasteiger partial charge is 0.320 e. The van der Waals surface area contributed by atoms with Gasteiger partial charge in [-0.3, -0.25) is 4.57 Å². The summed E-state index contributed by atoms with van der Waals surface area (Å²) in [6.45, 7) is 4.62. The molecule has 2 unspecified atom stereocenters. The lowest BCUT2D eigenvalue weighted by Crippen LogP contribution is -2.44. The quantitative estimate of drug-likeness (QED) is 0.0763. The van der Waals surface area contributed by atoms with Crippen LogP contribution in [0.25, 0.3) is 0 Å². The number of quaternary nitrogens is 1. The maximum Gasteiger partial charge on any atom is 0.385 e. The highest BCUT2D eigenvalue weighted by Gasteiger charge is 2.41. The zero-order valence-corrected chi connectivity index (χ0v) is 22.5. The summed E-state index contributed by atoms with van der Waals surface area (Å²) in [7, 11) is 2.30. The Balaban J connectivity index is 3.48. The summed E-state index contributed by atoms with van der Waals surface area (Å²) < 4.78 is 18.4. The summed E-state index contributed by atoms with van der Waals surface area (Å²) in [5.74, 6) is -0.350. The van der Waals surface area contributed by atoms with E-state index in [0.29, 0.717) is 17.5 Å². The number of allylic oxidation sites excluding steroid dienone is 2. The fourth-order valence-electron chi connectivity index (χ4n) is 4.20. The molecule has 2 atom stereocenters. The SMILES string of the molecule is CCCCCCCCCC=CCCCCCCCCCOP(=O)(O)C(CC)[N+](C)(C)C. The zero-order chi connectivity index (χ0) is 23.4. The average molecular weight is 461 g/mol. The summed E-state index contributed by atoms with van der Waals surface area (Å²) in [6, 6.07) is 0. The molecule has 4 nitrogen and oxygen atoms in total. The van der Waals surface area contributed by atoms with Gasteiger partial charge in [-0.05, 0) is 32.1 Å². The highest BCUT2D eigenvalue weighted by atomic mass is 31.2. The van der Waals surface area contributed by atoms with Crippen molar-refractivity contribution in [1.82, 2.24) is 0 Å². The van der Waals surface area contributed by atoms with Gasteiger partial charge in [-0.2, -0.15) is 0 Å². The fraction of sp³-hybridized carbons (Fsp3) is 0.923. The highest BCUT2D eigenvalue weighted by Crippen LogP contribution is 2.51. The van der Waals surface area contributed by atoms with Crippen LogP contribution in [0.1, 0.15) is 123 Å². The predicted molar refractivity (Wildman–Crippen MR) is 137 cm³/mol. The first-order valence-electron chi connectivity index (χ1n) is 13.2. The van der Waals surface area contributed by atoms with E-state index < -0.39 is 7.60 Å². The van der Waals surface area contributed by atoms with Crippen LogP contribution in [-0.2, 0) is 9.09 Å². The summed E-state index contributed by atoms with van der Waals surface area (Å²) in [4.78, 5) is 10.3. The lowest BCUT2D eigenvalue weighted by molar-refractivity contribution is -0.883. The minimum Gasteiger partial charge on any atom is -0.320 e. The zero-order valence-electron chi connectivity index (χ0n) is 21.6. The summed E-state index contributed by atoms with van der Waals surface area (Å²) in [5.41, 5.74) is 0. The molecule has 0 amide bonds. The van der Waals surface area contributed by atoms with E-state index in [4.69, 9.17) is 4.52 Å². The van der Waals surface area contributed by atoms with Crippen molar-refractivity contribution in [2.75, 3.05) is 27.7 Å². The van der Waals surface area contributed by atoms with Gasteiger partial charge in [-0.25, -0.2) is 0 Å². The van der Waals surface area contributed by atoms with Gasteiger partial charge in [0.1, 0.15) is 0 Å². The monoisotopic (exact) mass is 460 g/mol. The Kier molecular flexibility index (Phi) is 19.2. The molecule has 0 aromatic rings. The Morgan fingerprint density at radius 3 is 1.58 bits per heavy atom. The minimum absolute atomic E-state index is 0.350. The summed E-state index contributed by atoms with van der Waals surface area (Å²) in [6.07, 6.45) is 25.9. The Bertz CT molecular complexity index is 474. The molecule has 31 heavy (non-hydrogen) atoms. The first-order valence-corrected chi connectivity index (χ1v) is 14.8. The van der Waals surface area contributed by atoms with Crippen LogP contribution < -0.4 is 0 Å². The number of rotatable bonds is 22. The van der Waals surface area contributed by atoms with Crippen molar-refractivity contribution in [1.29, 1.82) is 0 Å². The van der Waals surface area contributed by atoms with Crippen molar-refractivity contribution < 1.29 is 18.5 Å². The second kappa shape index (κ2) is 19.3. The normalized spacial score (nSPS) is 15.4. The Morgan fingerprint density at radius 2 is 1.16 bits per heavy atom. The van der Waals surface area contributed by atoms with Crippen LogP contribution in [0.15, 0.2) is 12.2 Å². The standard InChI is InChI=1S/C26H54NO3P/c1-6-8-9-10-11-12-13-14-15-16-17-18-19-20-21-22-23-24-25-30-31(28,29)26(7-2)27(3,4)5/h15-16,26H,6-14,17-25H2,1-5H3/p+1. The molecule has 0 aromatic carbocycles. The fourth-order valence-corrected chi connectivity index (χ4v) is 6.10. The van der Waals surface area contributed by atoms with E-state index in [1.807, 2.05) is 28.1 Å². The van der Waals surface area contributed by atoms with Crippen LogP contribution in [0, 0.1) is 0 Å². The number of hydrogen-bond acceptors (Lipinski definition) is 2. The van der Waals surface area contributed by atoms with Crippen LogP contribution >= 0.6 is 7.60 Å². The van der Waals surface area contributed by atoms with Gasteiger partial charge in [-0.1, -0.05) is 96.6 Å². The van der Waals surface area contributed by atoms with Crippen LogP contribution in [0.4, 0.5) is 0 Å². The molecule has 0 aliphatic rings. The van der Waals surface area contributed by atoms with Gasteiger partial charge in [0.15, 0.2) is 5.78 Å². The van der Waals surface area contributed by atoms with Crippen molar-refractivity contribution in [2.45, 2.75) is 129 Å². The summed E-state index contributed by atoms with van der Waals surface area (Å²) in [5, 5.41) is 0. The van der Waals surface area contributed by atoms with Gasteiger partial charge in [0.05, 0.1) is 27.7 Å². The average Bonchev–Trinajstić information content (AvgIpc) is 2.68. The lowest BCUT2D eigenvalue weighted by atomic mass is 10.1. The molecule has 5 heteroatoms. The van der Waals surface area contributed by atoms with E-state index in [9.17, 15) is 9.46 Å². The third-order valence-electron chi connectivity index (χ3n) is 6.07. The van der Waals surface area contributed by atoms with Crippen LogP contribution in [0.5, 0.6) is 0 Å². The number of hydrogen-bond donors (Lipinski definition) is 1. The van der Waals surface area contributed by atoms with Crippen molar-refractivity contribution in [3.63, 3.8) is 0 Å². The van der Waals surface area contributed by atoms with Crippen LogP contribution in [0.3, 0.4) is 0 Å². The molecule has 0 fully saturated rings. The molecular weight excluding hydrogens is 405 g/mol. The maximum absolute atomic E-state index is 12.5. The number of nitrogens with zero attached hydrogens (tertiary/aromatic N) is 1. The van der Waals surface area contributed by atoms with E-state index >= 15 is 0 Å². The summed E-state index contributed by atoms with van der Waals surface area (Å²) >= 11 is 0. The van der Waals surface area contributed by atoms with E-state index in [1.54, 1.807) is 0 Å². The van der Waals surface area contributed by atoms with Crippen molar-refractivity contribution in [3.05, 3.63) is 12.2 Å². The van der Waals surface area contributed by atoms with E-state index in [1.165, 1.54) is 89.9 Å². The minimum atomic E-state index is -3.55. The molecule has 0 aromatic heterocycles. The lowest BCUT2D eigenvalue weighted by Gasteiger charge is -2.35. The third kappa shape index (κ3) is 18.0. The molecule has 0 aliphatic heterocycles. The Hall–Kier alpha value is -0.150. The molecule has 0 spiro atoms. The van der Waals surface area contributed by atoms with Gasteiger partial charge in [-0.15, -0.1) is 0 Å². The molecule has 0 bridgehead atoms. The van der Waals surface area contributed by atoms with Gasteiger partial charge >= 0.3 is 7.60 Å². The Labute approximate surface area is 195 Å². The molecule has 0 aliphatic carbocycles. The maximum atomic E-state index is 12.5. The van der Waals surface area contributed by atoms with Crippen molar-refractivity contribution >= 4 is 7.60 Å². The van der Waals surface area contributed by atoms with Gasteiger partial charge in [0.25, 0.3) is 0 Å². The van der Waals surface area contributed by atoms with Crippen molar-refractivity contribution in [3.8, 4) is 0 Å². The van der Waals surface area contributed by atoms with Gasteiger partial charge < -0.3 is 13.9 Å². The molecule has 0 heterocycles. The third-order valence-corrected chi connectivity index (χ3v) is 8.43. The molecule has 0 radical (unpaired) electrons. The Morgan fingerprint density at radius 1 is 0.742 bits per heavy atom. The second-order valence-electron chi connectivity index (χ2n) is 10.0. The molecular formula is C26H55NO3P+. The van der Waals surface area contributed by atoms with Gasteiger partial charge in [0, 0.05) is 6.42 Å².